The number of hydrogen-bond acceptors (Lipinski definition) is 3. The Kier molecular flexibility index (Phi) is 4.42. The molecule has 0 bridgehead atoms. The van der Waals surface area contributed by atoms with Crippen LogP contribution in [-0.4, -0.2) is 4.37 Å². The van der Waals surface area contributed by atoms with E-state index >= 15 is 0 Å². The van der Waals surface area contributed by atoms with Crippen LogP contribution in [0.15, 0.2) is 57.5 Å². The molecule has 0 atom stereocenters. The Morgan fingerprint density at radius 1 is 1.05 bits per heavy atom. The second-order valence-corrected chi connectivity index (χ2v) is 7.09. The molecule has 0 aliphatic heterocycles. The summed E-state index contributed by atoms with van der Waals surface area (Å²) in [5.41, 5.74) is 1.99. The summed E-state index contributed by atoms with van der Waals surface area (Å²) in [6.07, 6.45) is 0. The molecule has 2 nitrogen and oxygen atoms in total. The highest BCUT2D eigenvalue weighted by Crippen LogP contribution is 2.35. The number of benzene rings is 2. The van der Waals surface area contributed by atoms with Crippen molar-refractivity contribution in [3.05, 3.63) is 62.4 Å². The van der Waals surface area contributed by atoms with Crippen LogP contribution in [0.4, 0.5) is 0 Å². The van der Waals surface area contributed by atoms with E-state index in [1.54, 1.807) is 0 Å². The lowest BCUT2D eigenvalue weighted by Crippen LogP contribution is -1.86. The van der Waals surface area contributed by atoms with E-state index in [0.29, 0.717) is 0 Å². The first-order chi connectivity index (χ1) is 10.1. The van der Waals surface area contributed by atoms with Gasteiger partial charge in [0.05, 0.1) is 14.6 Å². The van der Waals surface area contributed by atoms with Crippen LogP contribution in [0.25, 0.3) is 11.3 Å². The zero-order valence-corrected chi connectivity index (χ0v) is 15.1. The minimum Gasteiger partial charge on any atom is -0.456 e. The molecule has 3 rings (SSSR count). The number of aryl methyl sites for hydroxylation is 1. The van der Waals surface area contributed by atoms with E-state index in [9.17, 15) is 0 Å². The Morgan fingerprint density at radius 3 is 2.57 bits per heavy atom. The molecule has 1 heterocycles. The summed E-state index contributed by atoms with van der Waals surface area (Å²) in [6.45, 7) is 2.05. The molecule has 3 aromatic rings. The van der Waals surface area contributed by atoms with Crippen LogP contribution in [0.5, 0.6) is 11.5 Å². The fourth-order valence-corrected chi connectivity index (χ4v) is 3.52. The third kappa shape index (κ3) is 3.20. The van der Waals surface area contributed by atoms with Crippen molar-refractivity contribution in [3.8, 4) is 22.8 Å². The van der Waals surface area contributed by atoms with Crippen LogP contribution >= 0.6 is 43.4 Å². The van der Waals surface area contributed by atoms with Crippen LogP contribution in [-0.2, 0) is 0 Å². The zero-order valence-electron chi connectivity index (χ0n) is 11.1. The molecule has 0 N–H and O–H groups in total. The van der Waals surface area contributed by atoms with Crippen LogP contribution in [0.1, 0.15) is 4.88 Å². The average Bonchev–Trinajstić information content (AvgIpc) is 2.82. The second-order valence-electron chi connectivity index (χ2n) is 4.46. The maximum Gasteiger partial charge on any atom is 0.141 e. The highest BCUT2D eigenvalue weighted by molar-refractivity contribution is 9.11. The third-order valence-electron chi connectivity index (χ3n) is 2.96. The number of para-hydroxylation sites is 1. The fourth-order valence-electron chi connectivity index (χ4n) is 1.90. The van der Waals surface area contributed by atoms with E-state index in [1.165, 1.54) is 16.4 Å². The summed E-state index contributed by atoms with van der Waals surface area (Å²) >= 11 is 8.57. The van der Waals surface area contributed by atoms with Gasteiger partial charge >= 0.3 is 0 Å². The van der Waals surface area contributed by atoms with Crippen molar-refractivity contribution < 1.29 is 4.74 Å². The SMILES string of the molecule is Cc1snc(-c2cccc(Oc3ccccc3Br)c2)c1Br. The first-order valence-corrected chi connectivity index (χ1v) is 8.65. The molecule has 21 heavy (non-hydrogen) atoms. The van der Waals surface area contributed by atoms with Gasteiger partial charge in [0.2, 0.25) is 0 Å². The Balaban J connectivity index is 1.94. The summed E-state index contributed by atoms with van der Waals surface area (Å²) in [6, 6.07) is 15.7. The van der Waals surface area contributed by atoms with E-state index in [2.05, 4.69) is 36.2 Å². The van der Waals surface area contributed by atoms with Gasteiger partial charge in [-0.25, -0.2) is 0 Å². The molecule has 0 saturated heterocycles. The van der Waals surface area contributed by atoms with E-state index in [-0.39, 0.29) is 0 Å². The van der Waals surface area contributed by atoms with Crippen molar-refractivity contribution in [1.29, 1.82) is 0 Å². The molecular weight excluding hydrogens is 414 g/mol. The molecular formula is C16H11Br2NOS. The topological polar surface area (TPSA) is 22.1 Å². The number of halogens is 2. The van der Waals surface area contributed by atoms with Gasteiger partial charge < -0.3 is 4.74 Å². The van der Waals surface area contributed by atoms with Gasteiger partial charge in [0.25, 0.3) is 0 Å². The molecule has 106 valence electrons. The molecule has 0 radical (unpaired) electrons. The number of aromatic nitrogens is 1. The summed E-state index contributed by atoms with van der Waals surface area (Å²) < 4.78 is 12.4. The van der Waals surface area contributed by atoms with Crippen molar-refractivity contribution in [3.63, 3.8) is 0 Å². The van der Waals surface area contributed by atoms with Crippen LogP contribution in [0.3, 0.4) is 0 Å². The lowest BCUT2D eigenvalue weighted by Gasteiger charge is -2.08. The molecule has 0 spiro atoms. The number of hydrogen-bond donors (Lipinski definition) is 0. The predicted octanol–water partition coefficient (Wildman–Crippen LogP) is 6.44. The lowest BCUT2D eigenvalue weighted by molar-refractivity contribution is 0.480. The van der Waals surface area contributed by atoms with Gasteiger partial charge in [0.15, 0.2) is 0 Å². The summed E-state index contributed by atoms with van der Waals surface area (Å²) in [7, 11) is 0. The Morgan fingerprint density at radius 2 is 1.86 bits per heavy atom. The van der Waals surface area contributed by atoms with Gasteiger partial charge in [-0.1, -0.05) is 24.3 Å². The van der Waals surface area contributed by atoms with Crippen LogP contribution in [0.2, 0.25) is 0 Å². The lowest BCUT2D eigenvalue weighted by atomic mass is 10.1. The molecule has 0 amide bonds. The van der Waals surface area contributed by atoms with Crippen LogP contribution < -0.4 is 4.74 Å². The largest absolute Gasteiger partial charge is 0.456 e. The molecule has 5 heteroatoms. The summed E-state index contributed by atoms with van der Waals surface area (Å²) in [5, 5.41) is 0. The van der Waals surface area contributed by atoms with Gasteiger partial charge in [-0.3, -0.25) is 0 Å². The van der Waals surface area contributed by atoms with Crippen LogP contribution in [0, 0.1) is 6.92 Å². The number of ether oxygens (including phenoxy) is 1. The second kappa shape index (κ2) is 6.30. The highest BCUT2D eigenvalue weighted by Gasteiger charge is 2.11. The van der Waals surface area contributed by atoms with E-state index in [0.717, 1.165) is 31.7 Å². The minimum absolute atomic E-state index is 0.789. The monoisotopic (exact) mass is 423 g/mol. The Bertz CT molecular complexity index is 785. The molecule has 2 aromatic carbocycles. The van der Waals surface area contributed by atoms with Crippen molar-refractivity contribution in [2.24, 2.45) is 0 Å². The minimum atomic E-state index is 0.789. The van der Waals surface area contributed by atoms with Crippen molar-refractivity contribution >= 4 is 43.4 Å². The number of rotatable bonds is 3. The van der Waals surface area contributed by atoms with Gasteiger partial charge in [-0.2, -0.15) is 4.37 Å². The first kappa shape index (κ1) is 14.8. The van der Waals surface area contributed by atoms with Gasteiger partial charge in [-0.15, -0.1) is 0 Å². The van der Waals surface area contributed by atoms with Crippen molar-refractivity contribution in [2.75, 3.05) is 0 Å². The smallest absolute Gasteiger partial charge is 0.141 e. The highest BCUT2D eigenvalue weighted by atomic mass is 79.9. The van der Waals surface area contributed by atoms with Gasteiger partial charge in [0.1, 0.15) is 11.5 Å². The number of nitrogens with zero attached hydrogens (tertiary/aromatic N) is 1. The molecule has 0 unspecified atom stereocenters. The van der Waals surface area contributed by atoms with E-state index < -0.39 is 0 Å². The molecule has 0 saturated carbocycles. The van der Waals surface area contributed by atoms with Gasteiger partial charge in [0, 0.05) is 10.4 Å². The average molecular weight is 425 g/mol. The molecule has 0 aliphatic rings. The van der Waals surface area contributed by atoms with E-state index in [1.807, 2.05) is 55.5 Å². The fraction of sp³-hybridized carbons (Fsp3) is 0.0625. The maximum atomic E-state index is 5.93. The van der Waals surface area contributed by atoms with Crippen molar-refractivity contribution in [2.45, 2.75) is 6.92 Å². The standard InChI is InChI=1S/C16H11Br2NOS/c1-10-15(18)16(19-21-10)11-5-4-6-12(9-11)20-14-8-3-2-7-13(14)17/h2-9H,1H3. The quantitative estimate of drug-likeness (QED) is 0.482. The van der Waals surface area contributed by atoms with E-state index in [4.69, 9.17) is 4.74 Å². The Labute approximate surface area is 144 Å². The first-order valence-electron chi connectivity index (χ1n) is 6.30. The molecule has 1 aromatic heterocycles. The summed E-state index contributed by atoms with van der Waals surface area (Å²) in [5.74, 6) is 1.58. The van der Waals surface area contributed by atoms with Gasteiger partial charge in [-0.05, 0) is 74.6 Å². The summed E-state index contributed by atoms with van der Waals surface area (Å²) in [4.78, 5) is 1.17. The van der Waals surface area contributed by atoms with Crippen molar-refractivity contribution in [1.82, 2.24) is 4.37 Å². The normalized spacial score (nSPS) is 10.6. The molecule has 0 fully saturated rings. The Hall–Kier alpha value is -1.17. The zero-order chi connectivity index (χ0) is 14.8. The molecule has 0 aliphatic carbocycles. The predicted molar refractivity (Wildman–Crippen MR) is 94.2 cm³/mol. The maximum absolute atomic E-state index is 5.93. The third-order valence-corrected chi connectivity index (χ3v) is 5.60.